The third-order valence-electron chi connectivity index (χ3n) is 6.77. The Hall–Kier alpha value is -1.10. The van der Waals surface area contributed by atoms with E-state index in [9.17, 15) is 18.0 Å². The Labute approximate surface area is 217 Å². The van der Waals surface area contributed by atoms with Gasteiger partial charge in [-0.2, -0.15) is 8.42 Å². The minimum atomic E-state index is -3.69. The minimum Gasteiger partial charge on any atom is -0.411 e. The van der Waals surface area contributed by atoms with E-state index >= 15 is 0 Å². The van der Waals surface area contributed by atoms with E-state index in [4.69, 9.17) is 18.1 Å². The molecule has 0 unspecified atom stereocenters. The molecule has 10 nitrogen and oxygen atoms in total. The standard InChI is InChI=1S/C23H44N2O8SSi2/c1-17-14-24(22(27)25(21(17)26)16-30-11-12-35(6,7)8)20-13-18(33-36(9,10)23(2,3)4)19(32-20)15-31-34(5,28)29/h14,18-20H,11-13,15-16H2,1-10H3/t18-,19-,20-/m1/s1. The number of aryl methyl sites for hydroxylation is 1. The number of hydrogen-bond donors (Lipinski definition) is 0. The molecular weight excluding hydrogens is 520 g/mol. The van der Waals surface area contributed by atoms with Gasteiger partial charge < -0.3 is 13.9 Å². The van der Waals surface area contributed by atoms with Gasteiger partial charge in [-0.1, -0.05) is 40.4 Å². The zero-order chi connectivity index (χ0) is 27.7. The van der Waals surface area contributed by atoms with Crippen LogP contribution in [0.1, 0.15) is 39.0 Å². The highest BCUT2D eigenvalue weighted by molar-refractivity contribution is 7.85. The van der Waals surface area contributed by atoms with E-state index in [1.54, 1.807) is 6.92 Å². The molecule has 1 aliphatic rings. The molecule has 1 aromatic rings. The molecule has 0 aromatic carbocycles. The third kappa shape index (κ3) is 8.46. The molecule has 0 spiro atoms. The Kier molecular flexibility index (Phi) is 9.80. The third-order valence-corrected chi connectivity index (χ3v) is 13.5. The minimum absolute atomic E-state index is 0.0821. The van der Waals surface area contributed by atoms with E-state index in [-0.39, 0.29) is 18.4 Å². The van der Waals surface area contributed by atoms with Crippen molar-refractivity contribution in [3.63, 3.8) is 0 Å². The summed E-state index contributed by atoms with van der Waals surface area (Å²) in [5, 5.41) is -0.0821. The molecule has 0 amide bonds. The van der Waals surface area contributed by atoms with Gasteiger partial charge in [-0.05, 0) is 31.1 Å². The van der Waals surface area contributed by atoms with Gasteiger partial charge in [0.05, 0.1) is 19.0 Å². The summed E-state index contributed by atoms with van der Waals surface area (Å²) >= 11 is 0. The van der Waals surface area contributed by atoms with Crippen LogP contribution in [-0.2, 0) is 34.9 Å². The first kappa shape index (κ1) is 31.1. The van der Waals surface area contributed by atoms with E-state index in [2.05, 4.69) is 53.5 Å². The molecule has 208 valence electrons. The van der Waals surface area contributed by atoms with Crippen molar-refractivity contribution in [2.75, 3.05) is 19.5 Å². The van der Waals surface area contributed by atoms with Gasteiger partial charge in [0.25, 0.3) is 15.7 Å². The number of nitrogens with zero attached hydrogens (tertiary/aromatic N) is 2. The van der Waals surface area contributed by atoms with Crippen LogP contribution in [0.25, 0.3) is 0 Å². The highest BCUT2D eigenvalue weighted by atomic mass is 32.2. The normalized spacial score (nSPS) is 21.8. The van der Waals surface area contributed by atoms with E-state index < -0.39 is 56.2 Å². The molecule has 0 radical (unpaired) electrons. The fourth-order valence-electron chi connectivity index (χ4n) is 3.50. The van der Waals surface area contributed by atoms with Gasteiger partial charge in [0, 0.05) is 32.9 Å². The van der Waals surface area contributed by atoms with E-state index in [1.807, 2.05) is 0 Å². The van der Waals surface area contributed by atoms with E-state index in [0.29, 0.717) is 18.6 Å². The summed E-state index contributed by atoms with van der Waals surface area (Å²) in [6.07, 6.45) is 0.871. The summed E-state index contributed by atoms with van der Waals surface area (Å²) in [4.78, 5) is 26.0. The van der Waals surface area contributed by atoms with Crippen molar-refractivity contribution >= 4 is 26.5 Å². The maximum atomic E-state index is 13.3. The van der Waals surface area contributed by atoms with Crippen LogP contribution in [0.2, 0.25) is 43.8 Å². The average Bonchev–Trinajstić information content (AvgIpc) is 3.08. The molecule has 2 heterocycles. The second kappa shape index (κ2) is 11.3. The van der Waals surface area contributed by atoms with Crippen LogP contribution in [0.3, 0.4) is 0 Å². The average molecular weight is 565 g/mol. The summed E-state index contributed by atoms with van der Waals surface area (Å²) in [5.74, 6) is 0. The second-order valence-corrected chi connectivity index (χ2v) is 24.4. The van der Waals surface area contributed by atoms with Crippen molar-refractivity contribution in [1.29, 1.82) is 0 Å². The number of ether oxygens (including phenoxy) is 2. The first-order valence-corrected chi connectivity index (χ1v) is 20.7. The number of rotatable bonds is 11. The molecule has 0 N–H and O–H groups in total. The van der Waals surface area contributed by atoms with Gasteiger partial charge in [-0.15, -0.1) is 0 Å². The summed E-state index contributed by atoms with van der Waals surface area (Å²) in [6, 6.07) is 0.919. The van der Waals surface area contributed by atoms with Gasteiger partial charge in [0.15, 0.2) is 8.32 Å². The van der Waals surface area contributed by atoms with Crippen molar-refractivity contribution in [3.05, 3.63) is 32.6 Å². The van der Waals surface area contributed by atoms with Crippen LogP contribution in [0, 0.1) is 6.92 Å². The van der Waals surface area contributed by atoms with E-state index in [1.165, 1.54) is 10.8 Å². The van der Waals surface area contributed by atoms with Gasteiger partial charge in [0.1, 0.15) is 19.1 Å². The van der Waals surface area contributed by atoms with Crippen molar-refractivity contribution in [2.45, 2.75) is 103 Å². The van der Waals surface area contributed by atoms with Gasteiger partial charge in [0.2, 0.25) is 0 Å². The Balaban J connectivity index is 2.34. The quantitative estimate of drug-likeness (QED) is 0.228. The molecule has 36 heavy (non-hydrogen) atoms. The Morgan fingerprint density at radius 3 is 2.28 bits per heavy atom. The largest absolute Gasteiger partial charge is 0.411 e. The highest BCUT2D eigenvalue weighted by Gasteiger charge is 2.45. The lowest BCUT2D eigenvalue weighted by molar-refractivity contribution is -0.0391. The maximum absolute atomic E-state index is 13.3. The molecule has 1 saturated heterocycles. The lowest BCUT2D eigenvalue weighted by Crippen LogP contribution is -2.46. The molecular formula is C23H44N2O8SSi2. The molecule has 3 atom stereocenters. The molecule has 0 bridgehead atoms. The fraction of sp³-hybridized carbons (Fsp3) is 0.826. The molecule has 1 aromatic heterocycles. The molecule has 0 saturated carbocycles. The number of aromatic nitrogens is 2. The summed E-state index contributed by atoms with van der Waals surface area (Å²) in [5.41, 5.74) is -0.572. The van der Waals surface area contributed by atoms with Crippen LogP contribution in [0.5, 0.6) is 0 Å². The van der Waals surface area contributed by atoms with Crippen LogP contribution in [-0.4, -0.2) is 65.6 Å². The predicted octanol–water partition coefficient (Wildman–Crippen LogP) is 3.28. The monoisotopic (exact) mass is 564 g/mol. The maximum Gasteiger partial charge on any atom is 0.335 e. The van der Waals surface area contributed by atoms with Crippen LogP contribution in [0.4, 0.5) is 0 Å². The smallest absolute Gasteiger partial charge is 0.335 e. The zero-order valence-electron chi connectivity index (χ0n) is 23.4. The van der Waals surface area contributed by atoms with Crippen molar-refractivity contribution in [2.24, 2.45) is 0 Å². The second-order valence-electron chi connectivity index (χ2n) is 12.4. The van der Waals surface area contributed by atoms with E-state index in [0.717, 1.165) is 16.9 Å². The lowest BCUT2D eigenvalue weighted by Gasteiger charge is -2.39. The molecule has 2 rings (SSSR count). The Morgan fingerprint density at radius 1 is 1.14 bits per heavy atom. The predicted molar refractivity (Wildman–Crippen MR) is 145 cm³/mol. The zero-order valence-corrected chi connectivity index (χ0v) is 26.2. The summed E-state index contributed by atoms with van der Waals surface area (Å²) in [6.45, 7) is 19.0. The van der Waals surface area contributed by atoms with Gasteiger partial charge in [-0.25, -0.2) is 9.36 Å². The molecule has 0 aliphatic carbocycles. The molecule has 1 fully saturated rings. The first-order valence-electron chi connectivity index (χ1n) is 12.3. The fourth-order valence-corrected chi connectivity index (χ4v) is 6.00. The summed E-state index contributed by atoms with van der Waals surface area (Å²) < 4.78 is 49.2. The van der Waals surface area contributed by atoms with Crippen LogP contribution in [0.15, 0.2) is 15.8 Å². The Bertz CT molecular complexity index is 1130. The Morgan fingerprint density at radius 2 is 1.75 bits per heavy atom. The van der Waals surface area contributed by atoms with Gasteiger partial charge in [-0.3, -0.25) is 13.5 Å². The van der Waals surface area contributed by atoms with Crippen LogP contribution < -0.4 is 11.2 Å². The lowest BCUT2D eigenvalue weighted by atomic mass is 10.2. The topological polar surface area (TPSA) is 115 Å². The van der Waals surface area contributed by atoms with Crippen molar-refractivity contribution in [3.8, 4) is 0 Å². The number of hydrogen-bond acceptors (Lipinski definition) is 8. The van der Waals surface area contributed by atoms with Crippen LogP contribution >= 0.6 is 0 Å². The highest BCUT2D eigenvalue weighted by Crippen LogP contribution is 2.41. The SMILES string of the molecule is Cc1cn([C@H]2C[C@@H](O[Si](C)(C)C(C)(C)C)[C@@H](COS(C)(=O)=O)O2)c(=O)n(COCC[Si](C)(C)C)c1=O. The molecule has 1 aliphatic heterocycles. The van der Waals surface area contributed by atoms with Crippen molar-refractivity contribution in [1.82, 2.24) is 9.13 Å². The first-order chi connectivity index (χ1) is 16.2. The van der Waals surface area contributed by atoms with Gasteiger partial charge >= 0.3 is 5.69 Å². The summed E-state index contributed by atoms with van der Waals surface area (Å²) in [7, 11) is -7.25. The van der Waals surface area contributed by atoms with Crippen molar-refractivity contribution < 1.29 is 26.5 Å². The molecule has 13 heteroatoms.